The second-order valence-electron chi connectivity index (χ2n) is 5.18. The summed E-state index contributed by atoms with van der Waals surface area (Å²) < 4.78 is 6.86. The van der Waals surface area contributed by atoms with Crippen LogP contribution in [-0.4, -0.2) is 20.7 Å². The third-order valence-corrected chi connectivity index (χ3v) is 4.42. The van der Waals surface area contributed by atoms with Crippen molar-refractivity contribution in [2.45, 2.75) is 17.5 Å². The second-order valence-corrected chi connectivity index (χ2v) is 6.12. The maximum Gasteiger partial charge on any atom is 0.378 e. The highest BCUT2D eigenvalue weighted by atomic mass is 32.2. The van der Waals surface area contributed by atoms with Crippen molar-refractivity contribution in [3.63, 3.8) is 0 Å². The van der Waals surface area contributed by atoms with Gasteiger partial charge >= 0.3 is 5.97 Å². The largest absolute Gasteiger partial charge is 0.455 e. The Morgan fingerprint density at radius 2 is 1.67 bits per heavy atom. The summed E-state index contributed by atoms with van der Waals surface area (Å²) in [5, 5.41) is 4.83. The lowest BCUT2D eigenvalue weighted by atomic mass is 10.2. The SMILES string of the molecule is Cn1nc(C(=O)OCc2ccccc2)nc1SCc1ccccc1. The second kappa shape index (κ2) is 7.79. The molecule has 0 atom stereocenters. The highest BCUT2D eigenvalue weighted by molar-refractivity contribution is 7.98. The number of aromatic nitrogens is 3. The minimum atomic E-state index is -0.513. The van der Waals surface area contributed by atoms with E-state index in [9.17, 15) is 4.79 Å². The summed E-state index contributed by atoms with van der Waals surface area (Å²) >= 11 is 1.53. The number of esters is 1. The molecule has 0 aliphatic rings. The molecule has 1 aromatic heterocycles. The Morgan fingerprint density at radius 1 is 1.04 bits per heavy atom. The Hall–Kier alpha value is -2.60. The molecular formula is C18H17N3O2S. The number of benzene rings is 2. The molecule has 0 unspecified atom stereocenters. The van der Waals surface area contributed by atoms with E-state index < -0.39 is 5.97 Å². The molecule has 1 heterocycles. The number of hydrogen-bond donors (Lipinski definition) is 0. The van der Waals surface area contributed by atoms with Crippen LogP contribution in [0.15, 0.2) is 65.8 Å². The van der Waals surface area contributed by atoms with Crippen LogP contribution < -0.4 is 0 Å². The van der Waals surface area contributed by atoms with Crippen molar-refractivity contribution in [1.82, 2.24) is 14.8 Å². The van der Waals surface area contributed by atoms with Crippen molar-refractivity contribution in [1.29, 1.82) is 0 Å². The Bertz CT molecular complexity index is 804. The number of nitrogens with zero attached hydrogens (tertiary/aromatic N) is 3. The van der Waals surface area contributed by atoms with Crippen LogP contribution in [0.4, 0.5) is 0 Å². The molecule has 24 heavy (non-hydrogen) atoms. The van der Waals surface area contributed by atoms with Crippen LogP contribution in [0.25, 0.3) is 0 Å². The van der Waals surface area contributed by atoms with E-state index in [-0.39, 0.29) is 12.4 Å². The fourth-order valence-electron chi connectivity index (χ4n) is 2.09. The van der Waals surface area contributed by atoms with Gasteiger partial charge in [0.1, 0.15) is 6.61 Å². The van der Waals surface area contributed by atoms with E-state index in [2.05, 4.69) is 22.2 Å². The fourth-order valence-corrected chi connectivity index (χ4v) is 2.96. The van der Waals surface area contributed by atoms with Gasteiger partial charge in [-0.1, -0.05) is 72.4 Å². The zero-order valence-corrected chi connectivity index (χ0v) is 14.1. The summed E-state index contributed by atoms with van der Waals surface area (Å²) in [7, 11) is 1.77. The molecule has 0 radical (unpaired) electrons. The van der Waals surface area contributed by atoms with Gasteiger partial charge in [0.15, 0.2) is 5.16 Å². The summed E-state index contributed by atoms with van der Waals surface area (Å²) in [5.74, 6) is 0.344. The number of thioether (sulfide) groups is 1. The highest BCUT2D eigenvalue weighted by Crippen LogP contribution is 2.20. The lowest BCUT2D eigenvalue weighted by Crippen LogP contribution is -2.08. The molecule has 3 rings (SSSR count). The third kappa shape index (κ3) is 4.23. The van der Waals surface area contributed by atoms with E-state index in [1.807, 2.05) is 48.5 Å². The number of hydrogen-bond acceptors (Lipinski definition) is 5. The smallest absolute Gasteiger partial charge is 0.378 e. The first-order chi connectivity index (χ1) is 11.7. The maximum atomic E-state index is 12.1. The molecule has 0 N–H and O–H groups in total. The van der Waals surface area contributed by atoms with Gasteiger partial charge in [-0.05, 0) is 11.1 Å². The molecule has 0 saturated heterocycles. The Labute approximate surface area is 144 Å². The zero-order valence-electron chi connectivity index (χ0n) is 13.3. The van der Waals surface area contributed by atoms with Crippen molar-refractivity contribution >= 4 is 17.7 Å². The van der Waals surface area contributed by atoms with E-state index in [0.29, 0.717) is 5.16 Å². The Morgan fingerprint density at radius 3 is 2.33 bits per heavy atom. The lowest BCUT2D eigenvalue weighted by Gasteiger charge is -2.01. The van der Waals surface area contributed by atoms with E-state index in [0.717, 1.165) is 11.3 Å². The Balaban J connectivity index is 1.59. The molecule has 0 fully saturated rings. The summed E-state index contributed by atoms with van der Waals surface area (Å²) in [4.78, 5) is 16.4. The van der Waals surface area contributed by atoms with Crippen LogP contribution in [0.3, 0.4) is 0 Å². The van der Waals surface area contributed by atoms with E-state index >= 15 is 0 Å². The molecule has 0 aliphatic carbocycles. The summed E-state index contributed by atoms with van der Waals surface area (Å²) in [6, 6.07) is 19.6. The average molecular weight is 339 g/mol. The number of ether oxygens (including phenoxy) is 1. The van der Waals surface area contributed by atoms with Crippen LogP contribution in [-0.2, 0) is 24.1 Å². The molecule has 0 bridgehead atoms. The summed E-state index contributed by atoms with van der Waals surface area (Å²) in [6.45, 7) is 0.213. The van der Waals surface area contributed by atoms with Crippen molar-refractivity contribution < 1.29 is 9.53 Å². The summed E-state index contributed by atoms with van der Waals surface area (Å²) in [5.41, 5.74) is 2.12. The first-order valence-electron chi connectivity index (χ1n) is 7.51. The monoisotopic (exact) mass is 339 g/mol. The Kier molecular flexibility index (Phi) is 5.28. The minimum Gasteiger partial charge on any atom is -0.455 e. The molecule has 5 nitrogen and oxygen atoms in total. The van der Waals surface area contributed by atoms with Gasteiger partial charge in [-0.25, -0.2) is 9.48 Å². The average Bonchev–Trinajstić information content (AvgIpc) is 3.00. The lowest BCUT2D eigenvalue weighted by molar-refractivity contribution is 0.0458. The van der Waals surface area contributed by atoms with Gasteiger partial charge in [-0.2, -0.15) is 4.98 Å². The first-order valence-corrected chi connectivity index (χ1v) is 8.50. The van der Waals surface area contributed by atoms with Crippen molar-refractivity contribution in [2.24, 2.45) is 7.05 Å². The van der Waals surface area contributed by atoms with Crippen molar-refractivity contribution in [3.05, 3.63) is 77.6 Å². The zero-order chi connectivity index (χ0) is 16.8. The summed E-state index contributed by atoms with van der Waals surface area (Å²) in [6.07, 6.45) is 0. The standard InChI is InChI=1S/C18H17N3O2S/c1-21-18(24-13-15-10-6-3-7-11-15)19-16(20-21)17(22)23-12-14-8-4-2-5-9-14/h2-11H,12-13H2,1H3. The van der Waals surface area contributed by atoms with Crippen molar-refractivity contribution in [2.75, 3.05) is 0 Å². The molecule has 0 aliphatic heterocycles. The number of aryl methyl sites for hydroxylation is 1. The molecule has 2 aromatic carbocycles. The van der Waals surface area contributed by atoms with Gasteiger partial charge in [0.25, 0.3) is 5.82 Å². The van der Waals surface area contributed by atoms with Crippen LogP contribution in [0.1, 0.15) is 21.7 Å². The quantitative estimate of drug-likeness (QED) is 0.508. The van der Waals surface area contributed by atoms with Crippen LogP contribution in [0, 0.1) is 0 Å². The predicted molar refractivity (Wildman–Crippen MR) is 92.6 cm³/mol. The normalized spacial score (nSPS) is 10.5. The molecule has 0 spiro atoms. The minimum absolute atomic E-state index is 0.0870. The van der Waals surface area contributed by atoms with Gasteiger partial charge in [0.05, 0.1) is 0 Å². The van der Waals surface area contributed by atoms with Gasteiger partial charge in [-0.15, -0.1) is 5.10 Å². The molecule has 3 aromatic rings. The number of rotatable bonds is 6. The van der Waals surface area contributed by atoms with E-state index in [4.69, 9.17) is 4.74 Å². The molecular weight excluding hydrogens is 322 g/mol. The fraction of sp³-hybridized carbons (Fsp3) is 0.167. The predicted octanol–water partition coefficient (Wildman–Crippen LogP) is 3.46. The van der Waals surface area contributed by atoms with Crippen LogP contribution in [0.2, 0.25) is 0 Å². The van der Waals surface area contributed by atoms with Crippen LogP contribution in [0.5, 0.6) is 0 Å². The first kappa shape index (κ1) is 16.3. The van der Waals surface area contributed by atoms with E-state index in [1.54, 1.807) is 11.7 Å². The molecule has 0 saturated carbocycles. The van der Waals surface area contributed by atoms with E-state index in [1.165, 1.54) is 17.3 Å². The van der Waals surface area contributed by atoms with Gasteiger partial charge in [0.2, 0.25) is 0 Å². The maximum absolute atomic E-state index is 12.1. The third-order valence-electron chi connectivity index (χ3n) is 3.33. The highest BCUT2D eigenvalue weighted by Gasteiger charge is 2.16. The number of carbonyl (C=O) groups is 1. The van der Waals surface area contributed by atoms with Gasteiger partial charge in [0, 0.05) is 12.8 Å². The van der Waals surface area contributed by atoms with Crippen LogP contribution >= 0.6 is 11.8 Å². The molecule has 0 amide bonds. The van der Waals surface area contributed by atoms with Gasteiger partial charge < -0.3 is 4.74 Å². The van der Waals surface area contributed by atoms with Gasteiger partial charge in [-0.3, -0.25) is 0 Å². The topological polar surface area (TPSA) is 57.0 Å². The molecule has 122 valence electrons. The van der Waals surface area contributed by atoms with Crippen molar-refractivity contribution in [3.8, 4) is 0 Å². The molecule has 6 heteroatoms. The number of carbonyl (C=O) groups excluding carboxylic acids is 1.